The minimum atomic E-state index is -1.38. The summed E-state index contributed by atoms with van der Waals surface area (Å²) in [5, 5.41) is 12.2. The third-order valence-corrected chi connectivity index (χ3v) is 10.2. The molecule has 0 radical (unpaired) electrons. The number of hydrogen-bond donors (Lipinski definition) is 1. The Kier molecular flexibility index (Phi) is 14.9. The number of ketones is 1. The molecule has 11 nitrogen and oxygen atoms in total. The molecule has 2 aliphatic rings. The number of aliphatic hydroxyl groups is 1. The number of ether oxygens (including phenoxy) is 7. The number of carbonyl (C=O) groups is 2. The summed E-state index contributed by atoms with van der Waals surface area (Å²) in [7, 11) is 0. The lowest BCUT2D eigenvalue weighted by atomic mass is 9.89. The van der Waals surface area contributed by atoms with Crippen LogP contribution in [0, 0.1) is 0 Å². The van der Waals surface area contributed by atoms with Crippen molar-refractivity contribution in [2.45, 2.75) is 121 Å². The minimum Gasteiger partial charge on any atom is -0.444 e. The lowest BCUT2D eigenvalue weighted by molar-refractivity contribution is -0.286. The highest BCUT2D eigenvalue weighted by Gasteiger charge is 2.53. The Bertz CT molecular complexity index is 1850. The summed E-state index contributed by atoms with van der Waals surface area (Å²) < 4.78 is 45.0. The molecule has 7 atom stereocenters. The Morgan fingerprint density at radius 1 is 0.707 bits per heavy atom. The number of Topliss-reactive ketones (excluding diaryl/α,β-unsaturated/α-hetero) is 1. The SMILES string of the molecule is CC(C)(C)OC(=O)N1[C@@H](C(=O)CC(O)[C@@H]2O[C@H](COCc3ccccc3)[C@@H](OCc3ccccc3)[C@H](OCc3ccccc3)[C@@H]2OCc2ccccc2)COC1(C)C. The highest BCUT2D eigenvalue weighted by atomic mass is 16.6. The molecule has 58 heavy (non-hydrogen) atoms. The lowest BCUT2D eigenvalue weighted by Gasteiger charge is -2.47. The Morgan fingerprint density at radius 2 is 1.16 bits per heavy atom. The fraction of sp³-hybridized carbons (Fsp3) is 0.447. The molecule has 0 aromatic heterocycles. The van der Waals surface area contributed by atoms with Crippen LogP contribution in [0.4, 0.5) is 4.79 Å². The second kappa shape index (κ2) is 20.0. The number of aliphatic hydroxyl groups excluding tert-OH is 1. The van der Waals surface area contributed by atoms with E-state index in [2.05, 4.69) is 0 Å². The molecular weight excluding hydrogens is 739 g/mol. The number of nitrogens with zero attached hydrogens (tertiary/aromatic N) is 1. The Hall–Kier alpha value is -4.46. The monoisotopic (exact) mass is 795 g/mol. The van der Waals surface area contributed by atoms with Crippen LogP contribution in [0.5, 0.6) is 0 Å². The van der Waals surface area contributed by atoms with Gasteiger partial charge in [-0.3, -0.25) is 9.69 Å². The summed E-state index contributed by atoms with van der Waals surface area (Å²) in [6.07, 6.45) is -6.64. The van der Waals surface area contributed by atoms with Crippen LogP contribution in [0.1, 0.15) is 63.3 Å². The van der Waals surface area contributed by atoms with Crippen molar-refractivity contribution in [2.75, 3.05) is 13.2 Å². The topological polar surface area (TPSA) is 122 Å². The van der Waals surface area contributed by atoms with Gasteiger partial charge in [-0.15, -0.1) is 0 Å². The standard InChI is InChI=1S/C47H57NO10/c1-46(2,3)58-45(51)48-37(31-56-47(48,4)5)38(49)26-39(50)41-43(54-29-35-22-14-8-15-23-35)44(55-30-36-24-16-9-17-25-36)42(53-28-34-20-12-7-13-21-34)40(57-41)32-52-27-33-18-10-6-11-19-33/h6-25,37,39-44,50H,26-32H2,1-5H3/t37-,39?,40-,41+,42-,43-,44+/m1/s1. The zero-order chi connectivity index (χ0) is 41.1. The van der Waals surface area contributed by atoms with E-state index in [-0.39, 0.29) is 39.5 Å². The third kappa shape index (κ3) is 11.8. The predicted molar refractivity (Wildman–Crippen MR) is 217 cm³/mol. The van der Waals surface area contributed by atoms with Crippen molar-refractivity contribution in [3.63, 3.8) is 0 Å². The first-order valence-corrected chi connectivity index (χ1v) is 20.0. The largest absolute Gasteiger partial charge is 0.444 e. The van der Waals surface area contributed by atoms with Crippen molar-refractivity contribution in [3.8, 4) is 0 Å². The zero-order valence-corrected chi connectivity index (χ0v) is 34.1. The predicted octanol–water partition coefficient (Wildman–Crippen LogP) is 7.42. The van der Waals surface area contributed by atoms with Crippen molar-refractivity contribution < 1.29 is 47.9 Å². The molecule has 0 saturated carbocycles. The first-order chi connectivity index (χ1) is 27.9. The first kappa shape index (κ1) is 43.1. The van der Waals surface area contributed by atoms with Crippen molar-refractivity contribution in [1.29, 1.82) is 0 Å². The third-order valence-electron chi connectivity index (χ3n) is 10.2. The Morgan fingerprint density at radius 3 is 1.64 bits per heavy atom. The van der Waals surface area contributed by atoms with Gasteiger partial charge in [0.1, 0.15) is 47.9 Å². The van der Waals surface area contributed by atoms with Crippen LogP contribution >= 0.6 is 0 Å². The molecule has 310 valence electrons. The van der Waals surface area contributed by atoms with E-state index < -0.39 is 65.9 Å². The van der Waals surface area contributed by atoms with E-state index in [1.807, 2.05) is 121 Å². The second-order valence-corrected chi connectivity index (χ2v) is 16.3. The van der Waals surface area contributed by atoms with Gasteiger partial charge in [0.25, 0.3) is 0 Å². The normalized spacial score (nSPS) is 23.7. The first-order valence-electron chi connectivity index (χ1n) is 20.0. The molecule has 2 fully saturated rings. The van der Waals surface area contributed by atoms with Gasteiger partial charge in [-0.25, -0.2) is 4.79 Å². The number of benzene rings is 4. The van der Waals surface area contributed by atoms with Gasteiger partial charge in [-0.1, -0.05) is 121 Å². The molecule has 6 rings (SSSR count). The fourth-order valence-electron chi connectivity index (χ4n) is 7.29. The van der Waals surface area contributed by atoms with Crippen LogP contribution in [0.15, 0.2) is 121 Å². The highest BCUT2D eigenvalue weighted by molar-refractivity contribution is 5.88. The van der Waals surface area contributed by atoms with Gasteiger partial charge in [0.2, 0.25) is 0 Å². The summed E-state index contributed by atoms with van der Waals surface area (Å²) >= 11 is 0. The van der Waals surface area contributed by atoms with Crippen LogP contribution < -0.4 is 0 Å². The van der Waals surface area contributed by atoms with Gasteiger partial charge in [0.15, 0.2) is 5.78 Å². The minimum absolute atomic E-state index is 0.0502. The average molecular weight is 796 g/mol. The number of carbonyl (C=O) groups excluding carboxylic acids is 2. The van der Waals surface area contributed by atoms with E-state index in [0.29, 0.717) is 6.61 Å². The molecule has 11 heteroatoms. The van der Waals surface area contributed by atoms with Gasteiger partial charge in [0, 0.05) is 6.42 Å². The molecule has 2 heterocycles. The zero-order valence-electron chi connectivity index (χ0n) is 34.1. The molecule has 2 aliphatic heterocycles. The van der Waals surface area contributed by atoms with Gasteiger partial charge in [-0.05, 0) is 56.9 Å². The lowest BCUT2D eigenvalue weighted by Crippen LogP contribution is -2.64. The molecule has 1 N–H and O–H groups in total. The maximum atomic E-state index is 14.2. The molecule has 0 bridgehead atoms. The van der Waals surface area contributed by atoms with Gasteiger partial charge in [-0.2, -0.15) is 0 Å². The molecule has 1 amide bonds. The summed E-state index contributed by atoms with van der Waals surface area (Å²) in [4.78, 5) is 29.0. The van der Waals surface area contributed by atoms with E-state index in [4.69, 9.17) is 33.2 Å². The summed E-state index contributed by atoms with van der Waals surface area (Å²) in [6.45, 7) is 9.73. The van der Waals surface area contributed by atoms with E-state index in [1.165, 1.54) is 4.90 Å². The smallest absolute Gasteiger partial charge is 0.413 e. The van der Waals surface area contributed by atoms with Crippen molar-refractivity contribution >= 4 is 11.9 Å². The van der Waals surface area contributed by atoms with Crippen molar-refractivity contribution in [2.24, 2.45) is 0 Å². The quantitative estimate of drug-likeness (QED) is 0.116. The van der Waals surface area contributed by atoms with E-state index >= 15 is 0 Å². The molecule has 2 saturated heterocycles. The highest BCUT2D eigenvalue weighted by Crippen LogP contribution is 2.35. The van der Waals surface area contributed by atoms with E-state index in [9.17, 15) is 14.7 Å². The summed E-state index contributed by atoms with van der Waals surface area (Å²) in [5.74, 6) is -0.407. The Balaban J connectivity index is 1.32. The van der Waals surface area contributed by atoms with Crippen molar-refractivity contribution in [1.82, 2.24) is 4.90 Å². The van der Waals surface area contributed by atoms with Gasteiger partial charge < -0.3 is 38.3 Å². The van der Waals surface area contributed by atoms with E-state index in [1.54, 1.807) is 34.6 Å². The maximum Gasteiger partial charge on any atom is 0.413 e. The molecule has 4 aromatic carbocycles. The van der Waals surface area contributed by atoms with Crippen LogP contribution in [-0.2, 0) is 64.4 Å². The van der Waals surface area contributed by atoms with Crippen LogP contribution in [0.2, 0.25) is 0 Å². The molecule has 4 aromatic rings. The Labute approximate surface area is 342 Å². The second-order valence-electron chi connectivity index (χ2n) is 16.3. The van der Waals surface area contributed by atoms with Crippen LogP contribution in [0.3, 0.4) is 0 Å². The molecule has 0 spiro atoms. The fourth-order valence-corrected chi connectivity index (χ4v) is 7.29. The van der Waals surface area contributed by atoms with Crippen LogP contribution in [-0.4, -0.2) is 89.1 Å². The van der Waals surface area contributed by atoms with Crippen LogP contribution in [0.25, 0.3) is 0 Å². The van der Waals surface area contributed by atoms with Gasteiger partial charge in [0.05, 0.1) is 45.7 Å². The summed E-state index contributed by atoms with van der Waals surface area (Å²) in [5.41, 5.74) is 1.87. The van der Waals surface area contributed by atoms with Gasteiger partial charge >= 0.3 is 6.09 Å². The average Bonchev–Trinajstić information content (AvgIpc) is 3.54. The molecule has 0 aliphatic carbocycles. The summed E-state index contributed by atoms with van der Waals surface area (Å²) in [6, 6.07) is 38.1. The number of amides is 1. The van der Waals surface area contributed by atoms with Crippen molar-refractivity contribution in [3.05, 3.63) is 144 Å². The number of hydrogen-bond acceptors (Lipinski definition) is 10. The number of rotatable bonds is 17. The molecule has 1 unspecified atom stereocenters. The molecular formula is C47H57NO10. The maximum absolute atomic E-state index is 14.2. The van der Waals surface area contributed by atoms with E-state index in [0.717, 1.165) is 22.3 Å².